The average Bonchev–Trinajstić information content (AvgIpc) is 2.54. The highest BCUT2D eigenvalue weighted by molar-refractivity contribution is 5.96. The molecule has 8 heteroatoms. The largest absolute Gasteiger partial charge is 0.452 e. The van der Waals surface area contributed by atoms with Gasteiger partial charge in [-0.25, -0.2) is 4.79 Å². The number of amides is 1. The van der Waals surface area contributed by atoms with E-state index in [1.807, 2.05) is 0 Å². The van der Waals surface area contributed by atoms with E-state index in [0.29, 0.717) is 5.92 Å². The lowest BCUT2D eigenvalue weighted by Crippen LogP contribution is -2.42. The normalized spacial score (nSPS) is 20.2. The van der Waals surface area contributed by atoms with E-state index in [9.17, 15) is 19.7 Å². The summed E-state index contributed by atoms with van der Waals surface area (Å²) in [5, 5.41) is 13.5. The van der Waals surface area contributed by atoms with Gasteiger partial charge in [0.1, 0.15) is 0 Å². The molecule has 1 fully saturated rings. The van der Waals surface area contributed by atoms with Gasteiger partial charge in [-0.15, -0.1) is 0 Å². The van der Waals surface area contributed by atoms with Crippen LogP contribution in [0.25, 0.3) is 0 Å². The summed E-state index contributed by atoms with van der Waals surface area (Å²) >= 11 is 0. The van der Waals surface area contributed by atoms with Crippen molar-refractivity contribution in [2.45, 2.75) is 38.6 Å². The molecule has 3 N–H and O–H groups in total. The summed E-state index contributed by atoms with van der Waals surface area (Å²) in [6, 6.07) is 3.57. The molecule has 1 aliphatic rings. The third-order valence-corrected chi connectivity index (χ3v) is 4.26. The zero-order valence-corrected chi connectivity index (χ0v) is 13.5. The number of nitrogen functional groups attached to an aromatic ring is 1. The summed E-state index contributed by atoms with van der Waals surface area (Å²) < 4.78 is 4.95. The molecule has 2 rings (SSSR count). The van der Waals surface area contributed by atoms with Crippen molar-refractivity contribution < 1.29 is 19.2 Å². The van der Waals surface area contributed by atoms with Gasteiger partial charge in [0.25, 0.3) is 11.6 Å². The second-order valence-corrected chi connectivity index (χ2v) is 6.04. The van der Waals surface area contributed by atoms with Crippen molar-refractivity contribution in [1.82, 2.24) is 5.32 Å². The van der Waals surface area contributed by atoms with E-state index in [1.54, 1.807) is 0 Å². The van der Waals surface area contributed by atoms with Gasteiger partial charge in [0, 0.05) is 18.2 Å². The number of anilines is 1. The molecule has 1 saturated carbocycles. The van der Waals surface area contributed by atoms with Crippen molar-refractivity contribution in [2.24, 2.45) is 5.92 Å². The molecule has 8 nitrogen and oxygen atoms in total. The van der Waals surface area contributed by atoms with Crippen LogP contribution in [-0.4, -0.2) is 29.4 Å². The van der Waals surface area contributed by atoms with E-state index in [0.717, 1.165) is 31.4 Å². The summed E-state index contributed by atoms with van der Waals surface area (Å²) in [7, 11) is 0. The van der Waals surface area contributed by atoms with E-state index in [2.05, 4.69) is 12.2 Å². The molecule has 0 spiro atoms. The minimum Gasteiger partial charge on any atom is -0.452 e. The highest BCUT2D eigenvalue weighted by atomic mass is 16.6. The lowest BCUT2D eigenvalue weighted by atomic mass is 9.86. The fourth-order valence-corrected chi connectivity index (χ4v) is 2.84. The van der Waals surface area contributed by atoms with Gasteiger partial charge in [0.05, 0.1) is 16.2 Å². The Morgan fingerprint density at radius 2 is 2.08 bits per heavy atom. The Kier molecular flexibility index (Phi) is 5.73. The molecular weight excluding hydrogens is 314 g/mol. The van der Waals surface area contributed by atoms with Gasteiger partial charge in [0.2, 0.25) is 0 Å². The quantitative estimate of drug-likeness (QED) is 0.367. The SMILES string of the molecule is C[C@H]1CCCC[C@H]1NC(=O)COC(=O)c1ccc([N+](=O)[O-])cc1N. The molecule has 1 amide bonds. The van der Waals surface area contributed by atoms with Gasteiger partial charge >= 0.3 is 5.97 Å². The average molecular weight is 335 g/mol. The van der Waals surface area contributed by atoms with E-state index >= 15 is 0 Å². The van der Waals surface area contributed by atoms with Crippen molar-refractivity contribution in [3.8, 4) is 0 Å². The number of nitrogens with one attached hydrogen (secondary N) is 1. The van der Waals surface area contributed by atoms with Gasteiger partial charge in [0.15, 0.2) is 6.61 Å². The summed E-state index contributed by atoms with van der Waals surface area (Å²) in [6.45, 7) is 1.69. The van der Waals surface area contributed by atoms with Gasteiger partial charge < -0.3 is 15.8 Å². The van der Waals surface area contributed by atoms with Crippen molar-refractivity contribution >= 4 is 23.3 Å². The number of nitrogens with two attached hydrogens (primary N) is 1. The number of hydrogen-bond acceptors (Lipinski definition) is 6. The number of nitrogens with zero attached hydrogens (tertiary/aromatic N) is 1. The molecule has 0 heterocycles. The van der Waals surface area contributed by atoms with E-state index in [-0.39, 0.29) is 28.9 Å². The molecule has 130 valence electrons. The topological polar surface area (TPSA) is 125 Å². The second kappa shape index (κ2) is 7.76. The summed E-state index contributed by atoms with van der Waals surface area (Å²) in [5.41, 5.74) is 5.35. The molecule has 0 unspecified atom stereocenters. The van der Waals surface area contributed by atoms with Crippen LogP contribution in [0.2, 0.25) is 0 Å². The standard InChI is InChI=1S/C16H21N3O5/c1-10-4-2-3-5-14(10)18-15(20)9-24-16(21)12-7-6-11(19(22)23)8-13(12)17/h6-8,10,14H,2-5,9,17H2,1H3,(H,18,20)/t10-,14+/m0/s1. The summed E-state index contributed by atoms with van der Waals surface area (Å²) in [5.74, 6) is -0.736. The molecule has 1 aliphatic carbocycles. The van der Waals surface area contributed by atoms with Gasteiger partial charge in [-0.3, -0.25) is 14.9 Å². The molecule has 0 aromatic heterocycles. The maximum atomic E-state index is 12.0. The number of nitro benzene ring substituents is 1. The maximum Gasteiger partial charge on any atom is 0.340 e. The van der Waals surface area contributed by atoms with Crippen LogP contribution in [0.4, 0.5) is 11.4 Å². The molecule has 1 aromatic rings. The van der Waals surface area contributed by atoms with Crippen LogP contribution >= 0.6 is 0 Å². The molecule has 2 atom stereocenters. The monoisotopic (exact) mass is 335 g/mol. The molecular formula is C16H21N3O5. The Labute approximate surface area is 139 Å². The molecule has 24 heavy (non-hydrogen) atoms. The zero-order valence-electron chi connectivity index (χ0n) is 13.5. The number of ether oxygens (including phenoxy) is 1. The predicted octanol–water partition coefficient (Wildman–Crippen LogP) is 2.03. The van der Waals surface area contributed by atoms with Crippen LogP contribution in [0.5, 0.6) is 0 Å². The highest BCUT2D eigenvalue weighted by Crippen LogP contribution is 2.24. The van der Waals surface area contributed by atoms with Crippen molar-refractivity contribution in [3.05, 3.63) is 33.9 Å². The summed E-state index contributed by atoms with van der Waals surface area (Å²) in [6.07, 6.45) is 4.25. The molecule has 0 saturated heterocycles. The predicted molar refractivity (Wildman–Crippen MR) is 87.4 cm³/mol. The van der Waals surface area contributed by atoms with Gasteiger partial charge in [-0.1, -0.05) is 19.8 Å². The summed E-state index contributed by atoms with van der Waals surface area (Å²) in [4.78, 5) is 33.9. The minimum atomic E-state index is -0.783. The fraction of sp³-hybridized carbons (Fsp3) is 0.500. The van der Waals surface area contributed by atoms with Crippen molar-refractivity contribution in [1.29, 1.82) is 0 Å². The third kappa shape index (κ3) is 4.43. The smallest absolute Gasteiger partial charge is 0.340 e. The first-order valence-electron chi connectivity index (χ1n) is 7.89. The number of benzene rings is 1. The van der Waals surface area contributed by atoms with Crippen LogP contribution in [0, 0.1) is 16.0 Å². The van der Waals surface area contributed by atoms with Crippen LogP contribution in [0.3, 0.4) is 0 Å². The number of rotatable bonds is 5. The van der Waals surface area contributed by atoms with E-state index < -0.39 is 17.5 Å². The van der Waals surface area contributed by atoms with Gasteiger partial charge in [-0.2, -0.15) is 0 Å². The number of nitro groups is 1. The first-order chi connectivity index (χ1) is 11.4. The Hall–Kier alpha value is -2.64. The minimum absolute atomic E-state index is 0.000524. The van der Waals surface area contributed by atoms with Gasteiger partial charge in [-0.05, 0) is 24.8 Å². The van der Waals surface area contributed by atoms with Crippen LogP contribution < -0.4 is 11.1 Å². The zero-order chi connectivity index (χ0) is 17.7. The number of non-ortho nitro benzene ring substituents is 1. The molecule has 0 aliphatic heterocycles. The van der Waals surface area contributed by atoms with Crippen LogP contribution in [0.15, 0.2) is 18.2 Å². The van der Waals surface area contributed by atoms with E-state index in [1.165, 1.54) is 12.5 Å². The first-order valence-corrected chi connectivity index (χ1v) is 7.89. The molecule has 0 bridgehead atoms. The third-order valence-electron chi connectivity index (χ3n) is 4.26. The van der Waals surface area contributed by atoms with Crippen LogP contribution in [-0.2, 0) is 9.53 Å². The molecule has 0 radical (unpaired) electrons. The first kappa shape index (κ1) is 17.7. The second-order valence-electron chi connectivity index (χ2n) is 6.04. The van der Waals surface area contributed by atoms with Crippen molar-refractivity contribution in [3.63, 3.8) is 0 Å². The lowest BCUT2D eigenvalue weighted by molar-refractivity contribution is -0.384. The lowest BCUT2D eigenvalue weighted by Gasteiger charge is -2.29. The maximum absolute atomic E-state index is 12.0. The van der Waals surface area contributed by atoms with Crippen molar-refractivity contribution in [2.75, 3.05) is 12.3 Å². The Bertz CT molecular complexity index is 647. The number of carbonyl (C=O) groups excluding carboxylic acids is 2. The fourth-order valence-electron chi connectivity index (χ4n) is 2.84. The Morgan fingerprint density at radius 1 is 1.38 bits per heavy atom. The number of hydrogen-bond donors (Lipinski definition) is 2. The van der Waals surface area contributed by atoms with E-state index in [4.69, 9.17) is 10.5 Å². The number of carbonyl (C=O) groups is 2. The Balaban J connectivity index is 1.88. The Morgan fingerprint density at radius 3 is 2.71 bits per heavy atom. The highest BCUT2D eigenvalue weighted by Gasteiger charge is 2.23. The number of esters is 1. The van der Waals surface area contributed by atoms with Crippen LogP contribution in [0.1, 0.15) is 43.0 Å². The molecule has 1 aromatic carbocycles.